The summed E-state index contributed by atoms with van der Waals surface area (Å²) in [6, 6.07) is 42.8. The summed E-state index contributed by atoms with van der Waals surface area (Å²) in [5.74, 6) is -0.157. The Labute approximate surface area is 264 Å². The quantitative estimate of drug-likeness (QED) is 0.0829. The predicted octanol–water partition coefficient (Wildman–Crippen LogP) is 7.57. The maximum atomic E-state index is 14.6. The van der Waals surface area contributed by atoms with Gasteiger partial charge in [0.25, 0.3) is 0 Å². The third-order valence-corrected chi connectivity index (χ3v) is 9.69. The molecule has 6 nitrogen and oxygen atoms in total. The van der Waals surface area contributed by atoms with E-state index in [4.69, 9.17) is 4.52 Å². The Morgan fingerprint density at radius 2 is 1.20 bits per heavy atom. The fourth-order valence-electron chi connectivity index (χ4n) is 5.66. The van der Waals surface area contributed by atoms with E-state index in [0.717, 1.165) is 22.3 Å². The maximum Gasteiger partial charge on any atom is 0.243 e. The number of rotatable bonds is 15. The van der Waals surface area contributed by atoms with Crippen LogP contribution in [-0.4, -0.2) is 35.3 Å². The van der Waals surface area contributed by atoms with Crippen molar-refractivity contribution >= 4 is 14.4 Å². The van der Waals surface area contributed by atoms with E-state index >= 15 is 0 Å². The zero-order valence-corrected chi connectivity index (χ0v) is 27.0. The van der Waals surface area contributed by atoms with Gasteiger partial charge in [-0.1, -0.05) is 121 Å². The van der Waals surface area contributed by atoms with E-state index in [0.29, 0.717) is 6.42 Å². The van der Waals surface area contributed by atoms with Gasteiger partial charge in [-0.15, -0.1) is 0 Å². The molecule has 0 radical (unpaired) electrons. The van der Waals surface area contributed by atoms with Crippen LogP contribution in [0.2, 0.25) is 0 Å². The third kappa shape index (κ3) is 8.20. The number of amides is 1. The zero-order valence-electron chi connectivity index (χ0n) is 26.1. The van der Waals surface area contributed by atoms with Crippen LogP contribution < -0.4 is 10.4 Å². The standard InChI is InChI=1S/C37H43N4O2P/c1-29(2)41(30(3)4)44(43-27-17-26-38)40-36(42)35(28-31-18-9-5-10-19-31)39-37(32-20-11-6-12-21-32,33-22-13-7-14-23-33)34-24-15-8-16-25-34/h5-16,18-25,29-30,35,39H,17,27-28H2,1-4H3,(H,40,42). The second-order valence-corrected chi connectivity index (χ2v) is 12.8. The van der Waals surface area contributed by atoms with Crippen molar-refractivity contribution in [1.82, 2.24) is 15.1 Å². The second-order valence-electron chi connectivity index (χ2n) is 11.3. The van der Waals surface area contributed by atoms with Gasteiger partial charge in [0.15, 0.2) is 0 Å². The Morgan fingerprint density at radius 1 is 0.773 bits per heavy atom. The van der Waals surface area contributed by atoms with Gasteiger partial charge >= 0.3 is 0 Å². The Balaban J connectivity index is 1.84. The lowest BCUT2D eigenvalue weighted by Crippen LogP contribution is -2.56. The first-order valence-corrected chi connectivity index (χ1v) is 16.4. The van der Waals surface area contributed by atoms with Gasteiger partial charge in [-0.3, -0.25) is 15.2 Å². The minimum atomic E-state index is -1.52. The van der Waals surface area contributed by atoms with Gasteiger partial charge in [-0.05, 0) is 56.4 Å². The van der Waals surface area contributed by atoms with E-state index in [1.54, 1.807) is 0 Å². The lowest BCUT2D eigenvalue weighted by Gasteiger charge is -2.41. The molecule has 2 atom stereocenters. The van der Waals surface area contributed by atoms with Gasteiger partial charge in [0, 0.05) is 12.1 Å². The lowest BCUT2D eigenvalue weighted by atomic mass is 9.76. The Bertz CT molecular complexity index is 1360. The van der Waals surface area contributed by atoms with E-state index in [-0.39, 0.29) is 31.0 Å². The summed E-state index contributed by atoms with van der Waals surface area (Å²) in [5.41, 5.74) is 3.30. The predicted molar refractivity (Wildman–Crippen MR) is 180 cm³/mol. The van der Waals surface area contributed by atoms with Crippen LogP contribution in [0.25, 0.3) is 0 Å². The molecule has 0 aliphatic carbocycles. The summed E-state index contributed by atoms with van der Waals surface area (Å²) in [4.78, 5) is 14.6. The second kappa shape index (κ2) is 16.3. The third-order valence-electron chi connectivity index (χ3n) is 7.51. The summed E-state index contributed by atoms with van der Waals surface area (Å²) in [5, 5.41) is 16.4. The van der Waals surface area contributed by atoms with Crippen molar-refractivity contribution in [3.8, 4) is 6.07 Å². The summed E-state index contributed by atoms with van der Waals surface area (Å²) in [6.45, 7) is 8.64. The average Bonchev–Trinajstić information content (AvgIpc) is 3.04. The van der Waals surface area contributed by atoms with Crippen molar-refractivity contribution < 1.29 is 9.32 Å². The van der Waals surface area contributed by atoms with Gasteiger partial charge in [0.2, 0.25) is 14.4 Å². The zero-order chi connectivity index (χ0) is 31.4. The minimum absolute atomic E-state index is 0.126. The van der Waals surface area contributed by atoms with Crippen LogP contribution in [0, 0.1) is 11.3 Å². The van der Waals surface area contributed by atoms with Crippen LogP contribution in [0.3, 0.4) is 0 Å². The molecule has 4 rings (SSSR count). The molecule has 0 aliphatic rings. The van der Waals surface area contributed by atoms with E-state index in [1.807, 2.05) is 72.8 Å². The van der Waals surface area contributed by atoms with Crippen molar-refractivity contribution in [1.29, 1.82) is 5.26 Å². The normalized spacial score (nSPS) is 13.0. The topological polar surface area (TPSA) is 77.4 Å². The average molecular weight is 607 g/mol. The number of hydrogen-bond donors (Lipinski definition) is 2. The summed E-state index contributed by atoms with van der Waals surface area (Å²) < 4.78 is 8.41. The summed E-state index contributed by atoms with van der Waals surface area (Å²) in [6.07, 6.45) is 0.717. The highest BCUT2D eigenvalue weighted by Gasteiger charge is 2.41. The molecule has 0 aliphatic heterocycles. The number of nitrogens with zero attached hydrogens (tertiary/aromatic N) is 2. The number of hydrogen-bond acceptors (Lipinski definition) is 5. The summed E-state index contributed by atoms with van der Waals surface area (Å²) in [7, 11) is -1.52. The monoisotopic (exact) mass is 606 g/mol. The highest BCUT2D eigenvalue weighted by molar-refractivity contribution is 7.48. The molecule has 4 aromatic rings. The molecule has 4 aromatic carbocycles. The van der Waals surface area contributed by atoms with Gasteiger partial charge < -0.3 is 4.52 Å². The molecular weight excluding hydrogens is 563 g/mol. The number of nitrogens with one attached hydrogen (secondary N) is 2. The molecule has 44 heavy (non-hydrogen) atoms. The molecule has 2 unspecified atom stereocenters. The Morgan fingerprint density at radius 3 is 1.61 bits per heavy atom. The smallest absolute Gasteiger partial charge is 0.243 e. The maximum absolute atomic E-state index is 14.6. The Kier molecular flexibility index (Phi) is 12.2. The first kappa shape index (κ1) is 33.1. The first-order chi connectivity index (χ1) is 21.4. The first-order valence-electron chi connectivity index (χ1n) is 15.2. The number of carbonyl (C=O) groups excluding carboxylic acids is 1. The Hall–Kier alpha value is -3.85. The molecule has 0 spiro atoms. The molecule has 7 heteroatoms. The van der Waals surface area contributed by atoms with Crippen molar-refractivity contribution in [2.45, 2.75) is 64.2 Å². The van der Waals surface area contributed by atoms with Crippen LogP contribution in [0.5, 0.6) is 0 Å². The van der Waals surface area contributed by atoms with Crippen molar-refractivity contribution in [2.75, 3.05) is 6.61 Å². The highest BCUT2D eigenvalue weighted by atomic mass is 31.2. The fraction of sp³-hybridized carbons (Fsp3) is 0.297. The van der Waals surface area contributed by atoms with Crippen molar-refractivity contribution in [3.05, 3.63) is 144 Å². The molecule has 0 bridgehead atoms. The molecule has 1 amide bonds. The number of benzene rings is 4. The molecule has 0 saturated heterocycles. The minimum Gasteiger partial charge on any atom is -0.326 e. The van der Waals surface area contributed by atoms with Crippen LogP contribution in [0.4, 0.5) is 0 Å². The SMILES string of the molecule is CC(C)N(C(C)C)P(NC(=O)C(Cc1ccccc1)NC(c1ccccc1)(c1ccccc1)c1ccccc1)OCCC#N. The van der Waals surface area contributed by atoms with Crippen LogP contribution in [0.15, 0.2) is 121 Å². The molecule has 0 aromatic heterocycles. The van der Waals surface area contributed by atoms with Crippen LogP contribution in [-0.2, 0) is 21.3 Å². The molecule has 0 fully saturated rings. The van der Waals surface area contributed by atoms with Crippen LogP contribution >= 0.6 is 8.45 Å². The van der Waals surface area contributed by atoms with E-state index in [2.05, 4.69) is 97.4 Å². The van der Waals surface area contributed by atoms with Crippen molar-refractivity contribution in [3.63, 3.8) is 0 Å². The molecule has 2 N–H and O–H groups in total. The lowest BCUT2D eigenvalue weighted by molar-refractivity contribution is -0.122. The van der Waals surface area contributed by atoms with E-state index in [1.165, 1.54) is 0 Å². The molecule has 0 heterocycles. The van der Waals surface area contributed by atoms with E-state index < -0.39 is 20.0 Å². The van der Waals surface area contributed by atoms with Gasteiger partial charge in [-0.25, -0.2) is 4.67 Å². The molecular formula is C37H43N4O2P. The number of nitriles is 1. The number of carbonyl (C=O) groups is 1. The van der Waals surface area contributed by atoms with E-state index in [9.17, 15) is 10.1 Å². The van der Waals surface area contributed by atoms with Gasteiger partial charge in [0.1, 0.15) is 0 Å². The van der Waals surface area contributed by atoms with Gasteiger partial charge in [-0.2, -0.15) is 5.26 Å². The molecule has 0 saturated carbocycles. The van der Waals surface area contributed by atoms with Crippen molar-refractivity contribution in [2.24, 2.45) is 0 Å². The van der Waals surface area contributed by atoms with Gasteiger partial charge in [0.05, 0.1) is 30.7 Å². The fourth-order valence-corrected chi connectivity index (χ4v) is 7.42. The highest BCUT2D eigenvalue weighted by Crippen LogP contribution is 2.42. The van der Waals surface area contributed by atoms with Crippen LogP contribution in [0.1, 0.15) is 56.4 Å². The molecule has 228 valence electrons. The summed E-state index contributed by atoms with van der Waals surface area (Å²) >= 11 is 0. The largest absolute Gasteiger partial charge is 0.326 e.